The molecular formula is C27H33N5O4S. The summed E-state index contributed by atoms with van der Waals surface area (Å²) in [6, 6.07) is 15.4. The molecule has 10 heteroatoms. The van der Waals surface area contributed by atoms with Crippen LogP contribution in [0.1, 0.15) is 64.5 Å². The fraction of sp³-hybridized carbons (Fsp3) is 0.333. The monoisotopic (exact) mass is 523 g/mol. The summed E-state index contributed by atoms with van der Waals surface area (Å²) in [5.74, 6) is -0.618. The summed E-state index contributed by atoms with van der Waals surface area (Å²) >= 11 is 0.788. The van der Waals surface area contributed by atoms with Crippen LogP contribution in [0, 0.1) is 5.92 Å². The van der Waals surface area contributed by atoms with E-state index in [1.807, 2.05) is 37.3 Å². The number of nitrogens with one attached hydrogen (secondary N) is 1. The number of hydrogen-bond donors (Lipinski definition) is 3. The molecule has 0 aliphatic rings. The van der Waals surface area contributed by atoms with Gasteiger partial charge in [-0.15, -0.1) is 0 Å². The van der Waals surface area contributed by atoms with Crippen LogP contribution in [0.5, 0.6) is 5.75 Å². The van der Waals surface area contributed by atoms with Crippen LogP contribution in [0.25, 0.3) is 0 Å². The average molecular weight is 524 g/mol. The predicted octanol–water partition coefficient (Wildman–Crippen LogP) is 3.77. The Kier molecular flexibility index (Phi) is 9.62. The van der Waals surface area contributed by atoms with E-state index in [-0.39, 0.29) is 28.7 Å². The van der Waals surface area contributed by atoms with E-state index in [2.05, 4.69) is 23.5 Å². The molecule has 1 aromatic heterocycles. The number of benzene rings is 2. The average Bonchev–Trinajstić information content (AvgIpc) is 3.26. The summed E-state index contributed by atoms with van der Waals surface area (Å²) in [5, 5.41) is 2.98. The normalized spacial score (nSPS) is 11.7. The molecule has 1 atom stereocenters. The second-order valence-corrected chi connectivity index (χ2v) is 9.71. The van der Waals surface area contributed by atoms with Gasteiger partial charge in [-0.05, 0) is 54.1 Å². The molecule has 2 aromatic carbocycles. The fourth-order valence-electron chi connectivity index (χ4n) is 3.79. The number of ether oxygens (including phenoxy) is 1. The second-order valence-electron chi connectivity index (χ2n) is 8.94. The molecule has 0 aliphatic heterocycles. The van der Waals surface area contributed by atoms with Crippen LogP contribution in [-0.4, -0.2) is 40.1 Å². The number of primary amides is 1. The highest BCUT2D eigenvalue weighted by Gasteiger charge is 2.35. The third-order valence-electron chi connectivity index (χ3n) is 5.70. The minimum Gasteiger partial charge on any atom is -0.494 e. The molecule has 1 heterocycles. The van der Waals surface area contributed by atoms with E-state index in [0.717, 1.165) is 23.5 Å². The van der Waals surface area contributed by atoms with Crippen molar-refractivity contribution in [2.45, 2.75) is 39.8 Å². The molecule has 0 radical (unpaired) electrons. The summed E-state index contributed by atoms with van der Waals surface area (Å²) < 4.78 is 9.54. The maximum Gasteiger partial charge on any atom is 0.270 e. The van der Waals surface area contributed by atoms with Gasteiger partial charge in [-0.2, -0.15) is 4.37 Å². The zero-order valence-corrected chi connectivity index (χ0v) is 22.1. The van der Waals surface area contributed by atoms with Gasteiger partial charge in [0.1, 0.15) is 16.7 Å². The highest BCUT2D eigenvalue weighted by Crippen LogP contribution is 2.31. The van der Waals surface area contributed by atoms with Crippen LogP contribution >= 0.6 is 11.5 Å². The van der Waals surface area contributed by atoms with Crippen LogP contribution in [0.4, 0.5) is 5.69 Å². The Bertz CT molecular complexity index is 1210. The first kappa shape index (κ1) is 27.7. The first-order valence-corrected chi connectivity index (χ1v) is 12.9. The topological polar surface area (TPSA) is 141 Å². The fourth-order valence-corrected chi connectivity index (χ4v) is 4.55. The van der Waals surface area contributed by atoms with Crippen molar-refractivity contribution in [2.24, 2.45) is 11.7 Å². The van der Waals surface area contributed by atoms with Gasteiger partial charge >= 0.3 is 0 Å². The van der Waals surface area contributed by atoms with Crippen molar-refractivity contribution in [3.8, 4) is 5.75 Å². The molecule has 3 rings (SSSR count). The number of carbonyl (C=O) groups excluding carboxylic acids is 3. The van der Waals surface area contributed by atoms with Crippen molar-refractivity contribution in [3.63, 3.8) is 0 Å². The number of rotatable bonds is 12. The molecule has 9 nitrogen and oxygen atoms in total. The number of nitrogen functional groups attached to an aromatic ring is 1. The van der Waals surface area contributed by atoms with Crippen LogP contribution < -0.4 is 21.5 Å². The zero-order chi connectivity index (χ0) is 26.9. The molecule has 3 aromatic rings. The Morgan fingerprint density at radius 1 is 1.08 bits per heavy atom. The first-order valence-electron chi connectivity index (χ1n) is 12.1. The first-order chi connectivity index (χ1) is 17.7. The standard InChI is InChI=1S/C27H33N5O4S/c1-4-36-20-12-10-19(11-13-20)23(26(34)30-15-14-17(2)3)32(16-18-8-6-5-7-9-18)27(35)24-21(28)22(25(29)33)31-37-24/h5-13,17,23H,4,14-16,28H2,1-3H3,(H2,29,33)(H,30,34). The van der Waals surface area contributed by atoms with E-state index < -0.39 is 17.9 Å². The van der Waals surface area contributed by atoms with Gasteiger partial charge in [0, 0.05) is 13.1 Å². The van der Waals surface area contributed by atoms with Gasteiger partial charge in [-0.3, -0.25) is 14.4 Å². The largest absolute Gasteiger partial charge is 0.494 e. The molecule has 37 heavy (non-hydrogen) atoms. The Labute approximate surface area is 221 Å². The smallest absolute Gasteiger partial charge is 0.270 e. The number of anilines is 1. The third kappa shape index (κ3) is 7.07. The number of carbonyl (C=O) groups is 3. The number of nitrogens with two attached hydrogens (primary N) is 2. The molecular weight excluding hydrogens is 490 g/mol. The molecule has 5 N–H and O–H groups in total. The molecule has 1 unspecified atom stereocenters. The second kappa shape index (κ2) is 12.9. The molecule has 196 valence electrons. The Balaban J connectivity index is 2.08. The lowest BCUT2D eigenvalue weighted by Crippen LogP contribution is -2.43. The van der Waals surface area contributed by atoms with Crippen LogP contribution in [0.2, 0.25) is 0 Å². The van der Waals surface area contributed by atoms with Crippen molar-refractivity contribution >= 4 is 34.9 Å². The minimum atomic E-state index is -0.978. The molecule has 0 bridgehead atoms. The lowest BCUT2D eigenvalue weighted by Gasteiger charge is -2.31. The van der Waals surface area contributed by atoms with Gasteiger partial charge in [0.25, 0.3) is 11.8 Å². The zero-order valence-electron chi connectivity index (χ0n) is 21.3. The maximum atomic E-state index is 13.9. The van der Waals surface area contributed by atoms with Gasteiger partial charge < -0.3 is 26.4 Å². The van der Waals surface area contributed by atoms with Crippen molar-refractivity contribution in [1.82, 2.24) is 14.6 Å². The molecule has 0 saturated carbocycles. The van der Waals surface area contributed by atoms with Crippen molar-refractivity contribution in [2.75, 3.05) is 18.9 Å². The van der Waals surface area contributed by atoms with Gasteiger partial charge in [-0.25, -0.2) is 0 Å². The van der Waals surface area contributed by atoms with E-state index in [1.54, 1.807) is 24.3 Å². The Hall–Kier alpha value is -3.92. The summed E-state index contributed by atoms with van der Waals surface area (Å²) in [6.45, 7) is 7.13. The van der Waals surface area contributed by atoms with Crippen molar-refractivity contribution in [1.29, 1.82) is 0 Å². The van der Waals surface area contributed by atoms with E-state index in [9.17, 15) is 14.4 Å². The van der Waals surface area contributed by atoms with Gasteiger partial charge in [0.05, 0.1) is 12.3 Å². The molecule has 0 aliphatic carbocycles. The minimum absolute atomic E-state index is 0.0515. The summed E-state index contributed by atoms with van der Waals surface area (Å²) in [6.07, 6.45) is 0.790. The highest BCUT2D eigenvalue weighted by atomic mass is 32.1. The lowest BCUT2D eigenvalue weighted by atomic mass is 10.0. The van der Waals surface area contributed by atoms with E-state index in [0.29, 0.717) is 30.4 Å². The number of amides is 3. The highest BCUT2D eigenvalue weighted by molar-refractivity contribution is 7.09. The maximum absolute atomic E-state index is 13.9. The molecule has 3 amide bonds. The van der Waals surface area contributed by atoms with Crippen LogP contribution in [0.15, 0.2) is 54.6 Å². The Morgan fingerprint density at radius 2 is 1.76 bits per heavy atom. The van der Waals surface area contributed by atoms with E-state index in [1.165, 1.54) is 4.90 Å². The summed E-state index contributed by atoms with van der Waals surface area (Å²) in [4.78, 5) is 40.8. The third-order valence-corrected chi connectivity index (χ3v) is 6.55. The number of hydrogen-bond acceptors (Lipinski definition) is 7. The van der Waals surface area contributed by atoms with Crippen LogP contribution in [0.3, 0.4) is 0 Å². The molecule has 0 fully saturated rings. The van der Waals surface area contributed by atoms with Gasteiger partial charge in [-0.1, -0.05) is 56.3 Å². The number of aromatic nitrogens is 1. The van der Waals surface area contributed by atoms with Crippen molar-refractivity contribution < 1.29 is 19.1 Å². The summed E-state index contributed by atoms with van der Waals surface area (Å²) in [7, 11) is 0. The number of nitrogens with zero attached hydrogens (tertiary/aromatic N) is 2. The summed E-state index contributed by atoms with van der Waals surface area (Å²) in [5.41, 5.74) is 12.6. The van der Waals surface area contributed by atoms with E-state index >= 15 is 0 Å². The Morgan fingerprint density at radius 3 is 2.32 bits per heavy atom. The lowest BCUT2D eigenvalue weighted by molar-refractivity contribution is -0.126. The quantitative estimate of drug-likeness (QED) is 0.330. The molecule has 0 saturated heterocycles. The van der Waals surface area contributed by atoms with Gasteiger partial charge in [0.2, 0.25) is 5.91 Å². The van der Waals surface area contributed by atoms with Gasteiger partial charge in [0.15, 0.2) is 5.69 Å². The predicted molar refractivity (Wildman–Crippen MR) is 144 cm³/mol. The van der Waals surface area contributed by atoms with E-state index in [4.69, 9.17) is 16.2 Å². The van der Waals surface area contributed by atoms with Crippen molar-refractivity contribution in [3.05, 3.63) is 76.3 Å². The SMILES string of the molecule is CCOc1ccc(C(C(=O)NCCC(C)C)N(Cc2ccccc2)C(=O)c2snc(C(N)=O)c2N)cc1. The molecule has 0 spiro atoms. The van der Waals surface area contributed by atoms with Crippen LogP contribution in [-0.2, 0) is 11.3 Å².